The van der Waals surface area contributed by atoms with Gasteiger partial charge in [0.25, 0.3) is 5.91 Å². The zero-order chi connectivity index (χ0) is 24.9. The van der Waals surface area contributed by atoms with Crippen LogP contribution in [0.5, 0.6) is 17.2 Å². The van der Waals surface area contributed by atoms with E-state index in [0.29, 0.717) is 45.4 Å². The Morgan fingerprint density at radius 1 is 0.943 bits per heavy atom. The van der Waals surface area contributed by atoms with Crippen LogP contribution in [-0.4, -0.2) is 45.6 Å². The highest BCUT2D eigenvalue weighted by molar-refractivity contribution is 6.15. The maximum atomic E-state index is 13.1. The van der Waals surface area contributed by atoms with E-state index in [1.807, 2.05) is 6.07 Å². The van der Waals surface area contributed by atoms with Crippen LogP contribution in [0.25, 0.3) is 0 Å². The van der Waals surface area contributed by atoms with E-state index in [1.54, 1.807) is 54.6 Å². The summed E-state index contributed by atoms with van der Waals surface area (Å²) in [7, 11) is 4.54. The molecule has 1 heterocycles. The Kier molecular flexibility index (Phi) is 6.86. The van der Waals surface area contributed by atoms with E-state index in [-0.39, 0.29) is 30.7 Å². The number of para-hydroxylation sites is 2. The molecule has 9 nitrogen and oxygen atoms in total. The smallest absolute Gasteiger partial charge is 0.258 e. The van der Waals surface area contributed by atoms with Gasteiger partial charge in [-0.1, -0.05) is 12.1 Å². The molecule has 180 valence electrons. The molecule has 0 unspecified atom stereocenters. The second kappa shape index (κ2) is 10.2. The van der Waals surface area contributed by atoms with Crippen LogP contribution in [-0.2, 0) is 16.0 Å². The van der Waals surface area contributed by atoms with Crippen LogP contribution in [0.1, 0.15) is 15.9 Å². The van der Waals surface area contributed by atoms with Gasteiger partial charge in [-0.15, -0.1) is 0 Å². The first kappa shape index (κ1) is 23.6. The van der Waals surface area contributed by atoms with E-state index in [0.717, 1.165) is 0 Å². The van der Waals surface area contributed by atoms with Crippen molar-refractivity contribution in [2.45, 2.75) is 6.42 Å². The Bertz CT molecular complexity index is 1250. The summed E-state index contributed by atoms with van der Waals surface area (Å²) >= 11 is 0. The molecule has 2 N–H and O–H groups in total. The summed E-state index contributed by atoms with van der Waals surface area (Å²) in [5.41, 5.74) is 2.85. The van der Waals surface area contributed by atoms with E-state index < -0.39 is 0 Å². The topological polar surface area (TPSA) is 106 Å². The van der Waals surface area contributed by atoms with Crippen molar-refractivity contribution in [3.63, 3.8) is 0 Å². The molecule has 0 atom stereocenters. The van der Waals surface area contributed by atoms with Gasteiger partial charge in [-0.25, -0.2) is 0 Å². The van der Waals surface area contributed by atoms with Crippen molar-refractivity contribution in [3.8, 4) is 17.2 Å². The molecule has 0 bridgehead atoms. The van der Waals surface area contributed by atoms with Crippen LogP contribution < -0.4 is 29.7 Å². The van der Waals surface area contributed by atoms with Gasteiger partial charge in [-0.05, 0) is 54.1 Å². The van der Waals surface area contributed by atoms with Gasteiger partial charge >= 0.3 is 0 Å². The molecule has 0 aliphatic carbocycles. The number of hydrogen-bond donors (Lipinski definition) is 2. The zero-order valence-corrected chi connectivity index (χ0v) is 19.6. The number of nitrogens with zero attached hydrogens (tertiary/aromatic N) is 1. The fourth-order valence-electron chi connectivity index (χ4n) is 3.89. The molecular weight excluding hydrogens is 450 g/mol. The Balaban J connectivity index is 1.45. The number of ether oxygens (including phenoxy) is 3. The largest absolute Gasteiger partial charge is 0.493 e. The van der Waals surface area contributed by atoms with Crippen molar-refractivity contribution in [1.29, 1.82) is 0 Å². The minimum Gasteiger partial charge on any atom is -0.493 e. The molecular formula is C26H25N3O6. The van der Waals surface area contributed by atoms with Gasteiger partial charge in [0.1, 0.15) is 6.54 Å². The Hall–Kier alpha value is -4.53. The van der Waals surface area contributed by atoms with Crippen molar-refractivity contribution < 1.29 is 28.6 Å². The number of anilines is 3. The fraction of sp³-hybridized carbons (Fsp3) is 0.192. The average molecular weight is 476 g/mol. The summed E-state index contributed by atoms with van der Waals surface area (Å²) in [6.07, 6.45) is 0.0804. The van der Waals surface area contributed by atoms with Crippen LogP contribution in [0.3, 0.4) is 0 Å². The standard InChI is InChI=1S/C26H25N3O6/c1-33-21-12-16(13-22(34-2)25(21)35-3)14-23(30)27-18-10-8-17(9-11-18)26(32)29-15-24(31)28-19-6-4-5-7-20(19)29/h4-13H,14-15H2,1-3H3,(H,27,30)(H,28,31). The molecule has 3 amide bonds. The van der Waals surface area contributed by atoms with Crippen LogP contribution in [0.15, 0.2) is 60.7 Å². The highest BCUT2D eigenvalue weighted by Gasteiger charge is 2.27. The van der Waals surface area contributed by atoms with Gasteiger partial charge in [0, 0.05) is 11.3 Å². The van der Waals surface area contributed by atoms with Gasteiger partial charge in [0.15, 0.2) is 11.5 Å². The monoisotopic (exact) mass is 475 g/mol. The minimum absolute atomic E-state index is 0.0663. The number of benzene rings is 3. The number of methoxy groups -OCH3 is 3. The number of amides is 3. The molecule has 3 aromatic carbocycles. The summed E-state index contributed by atoms with van der Waals surface area (Å²) in [6, 6.07) is 17.1. The van der Waals surface area contributed by atoms with Gasteiger partial charge < -0.3 is 24.8 Å². The Morgan fingerprint density at radius 3 is 2.23 bits per heavy atom. The molecule has 3 aromatic rings. The first-order chi connectivity index (χ1) is 16.9. The molecule has 9 heteroatoms. The SMILES string of the molecule is COc1cc(CC(=O)Nc2ccc(C(=O)N3CC(=O)Nc4ccccc43)cc2)cc(OC)c1OC. The van der Waals surface area contributed by atoms with Crippen molar-refractivity contribution in [3.05, 3.63) is 71.8 Å². The van der Waals surface area contributed by atoms with Gasteiger partial charge in [-0.3, -0.25) is 19.3 Å². The van der Waals surface area contributed by atoms with Crippen molar-refractivity contribution in [2.24, 2.45) is 0 Å². The lowest BCUT2D eigenvalue weighted by molar-refractivity contribution is -0.116. The maximum absolute atomic E-state index is 13.1. The predicted molar refractivity (Wildman–Crippen MR) is 132 cm³/mol. The third kappa shape index (κ3) is 5.03. The number of carbonyl (C=O) groups excluding carboxylic acids is 3. The second-order valence-electron chi connectivity index (χ2n) is 7.79. The molecule has 0 aromatic heterocycles. The molecule has 4 rings (SSSR count). The van der Waals surface area contributed by atoms with E-state index in [1.165, 1.54) is 26.2 Å². The van der Waals surface area contributed by atoms with E-state index in [2.05, 4.69) is 10.6 Å². The molecule has 0 fully saturated rings. The highest BCUT2D eigenvalue weighted by atomic mass is 16.5. The maximum Gasteiger partial charge on any atom is 0.258 e. The summed E-state index contributed by atoms with van der Waals surface area (Å²) in [5, 5.41) is 5.59. The number of rotatable bonds is 7. The van der Waals surface area contributed by atoms with Crippen molar-refractivity contribution in [1.82, 2.24) is 0 Å². The Labute approximate surface area is 202 Å². The molecule has 1 aliphatic rings. The minimum atomic E-state index is -0.303. The van der Waals surface area contributed by atoms with Crippen molar-refractivity contribution >= 4 is 34.8 Å². The number of nitrogens with one attached hydrogen (secondary N) is 2. The quantitative estimate of drug-likeness (QED) is 0.542. The zero-order valence-electron chi connectivity index (χ0n) is 19.6. The molecule has 0 spiro atoms. The molecule has 1 aliphatic heterocycles. The lowest BCUT2D eigenvalue weighted by Gasteiger charge is -2.29. The first-order valence-electron chi connectivity index (χ1n) is 10.8. The summed E-state index contributed by atoms with van der Waals surface area (Å²) < 4.78 is 16.0. The molecule has 0 saturated heterocycles. The lowest BCUT2D eigenvalue weighted by atomic mass is 10.1. The first-order valence-corrected chi connectivity index (χ1v) is 10.8. The number of hydrogen-bond acceptors (Lipinski definition) is 6. The van der Waals surface area contributed by atoms with Gasteiger partial charge in [-0.2, -0.15) is 0 Å². The van der Waals surface area contributed by atoms with Crippen LogP contribution in [0.2, 0.25) is 0 Å². The third-order valence-corrected chi connectivity index (χ3v) is 5.52. The van der Waals surface area contributed by atoms with E-state index in [4.69, 9.17) is 14.2 Å². The number of fused-ring (bicyclic) bond motifs is 1. The summed E-state index contributed by atoms with van der Waals surface area (Å²) in [4.78, 5) is 39.2. The second-order valence-corrected chi connectivity index (χ2v) is 7.79. The lowest BCUT2D eigenvalue weighted by Crippen LogP contribution is -2.42. The molecule has 0 radical (unpaired) electrons. The van der Waals surface area contributed by atoms with Crippen molar-refractivity contribution in [2.75, 3.05) is 43.4 Å². The summed E-state index contributed by atoms with van der Waals surface area (Å²) in [6.45, 7) is -0.0663. The van der Waals surface area contributed by atoms with E-state index in [9.17, 15) is 14.4 Å². The predicted octanol–water partition coefficient (Wildman–Crippen LogP) is 3.49. The normalized spacial score (nSPS) is 12.3. The highest BCUT2D eigenvalue weighted by Crippen LogP contribution is 2.38. The number of carbonyl (C=O) groups is 3. The third-order valence-electron chi connectivity index (χ3n) is 5.52. The molecule has 35 heavy (non-hydrogen) atoms. The van der Waals surface area contributed by atoms with E-state index >= 15 is 0 Å². The van der Waals surface area contributed by atoms with Gasteiger partial charge in [0.2, 0.25) is 17.6 Å². The molecule has 0 saturated carbocycles. The van der Waals surface area contributed by atoms with Gasteiger partial charge in [0.05, 0.1) is 39.1 Å². The van der Waals surface area contributed by atoms with Crippen LogP contribution in [0, 0.1) is 0 Å². The summed E-state index contributed by atoms with van der Waals surface area (Å²) in [5.74, 6) is 0.569. The van der Waals surface area contributed by atoms with Crippen LogP contribution >= 0.6 is 0 Å². The van der Waals surface area contributed by atoms with Crippen LogP contribution in [0.4, 0.5) is 17.1 Å². The average Bonchev–Trinajstić information content (AvgIpc) is 2.87. The fourth-order valence-corrected chi connectivity index (χ4v) is 3.89. The Morgan fingerprint density at radius 2 is 1.60 bits per heavy atom.